The van der Waals surface area contributed by atoms with Gasteiger partial charge in [-0.25, -0.2) is 9.59 Å². The minimum absolute atomic E-state index is 0.0171. The molecule has 0 bridgehead atoms. The molecule has 0 fully saturated rings. The summed E-state index contributed by atoms with van der Waals surface area (Å²) in [5.74, 6) is -1.97. The zero-order valence-electron chi connectivity index (χ0n) is 9.51. The summed E-state index contributed by atoms with van der Waals surface area (Å²) in [4.78, 5) is 31.6. The number of rotatable bonds is 6. The summed E-state index contributed by atoms with van der Waals surface area (Å²) >= 11 is 0. The second kappa shape index (κ2) is 6.65. The van der Waals surface area contributed by atoms with Gasteiger partial charge in [0.25, 0.3) is 0 Å². The summed E-state index contributed by atoms with van der Waals surface area (Å²) in [5, 5.41) is 8.88. The molecule has 0 heterocycles. The molecule has 17 heavy (non-hydrogen) atoms. The summed E-state index contributed by atoms with van der Waals surface area (Å²) in [7, 11) is 0. The van der Waals surface area contributed by atoms with E-state index in [2.05, 4.69) is 9.78 Å². The Bertz CT molecular complexity index is 400. The van der Waals surface area contributed by atoms with E-state index in [1.807, 2.05) is 6.92 Å². The Kier molecular flexibility index (Phi) is 5.16. The maximum atomic E-state index is 11.5. The van der Waals surface area contributed by atoms with Gasteiger partial charge in [0.05, 0.1) is 17.7 Å². The lowest BCUT2D eigenvalue weighted by atomic mass is 10.1. The van der Waals surface area contributed by atoms with Crippen LogP contribution < -0.4 is 0 Å². The van der Waals surface area contributed by atoms with E-state index < -0.39 is 11.9 Å². The molecule has 0 amide bonds. The Morgan fingerprint density at radius 1 is 1.24 bits per heavy atom. The number of aromatic carboxylic acids is 1. The van der Waals surface area contributed by atoms with Gasteiger partial charge in [0.1, 0.15) is 0 Å². The monoisotopic (exact) mass is 238 g/mol. The van der Waals surface area contributed by atoms with E-state index in [4.69, 9.17) is 5.11 Å². The summed E-state index contributed by atoms with van der Waals surface area (Å²) in [5.41, 5.74) is -0.118. The van der Waals surface area contributed by atoms with Crippen LogP contribution in [0.25, 0.3) is 0 Å². The molecule has 5 nitrogen and oxygen atoms in total. The van der Waals surface area contributed by atoms with Crippen LogP contribution in [0.5, 0.6) is 0 Å². The number of carboxylic acid groups (broad SMARTS) is 1. The number of unbranched alkanes of at least 4 members (excludes halogenated alkanes) is 1. The van der Waals surface area contributed by atoms with Crippen LogP contribution in [0.2, 0.25) is 0 Å². The lowest BCUT2D eigenvalue weighted by molar-refractivity contribution is -0.241. The van der Waals surface area contributed by atoms with Crippen LogP contribution in [0.1, 0.15) is 40.5 Å². The fraction of sp³-hybridized carbons (Fsp3) is 0.333. The Labute approximate surface area is 98.9 Å². The van der Waals surface area contributed by atoms with Gasteiger partial charge in [-0.15, -0.1) is 0 Å². The van der Waals surface area contributed by atoms with Crippen LogP contribution in [-0.2, 0) is 9.78 Å². The number of carbonyl (C=O) groups excluding carboxylic acids is 1. The van der Waals surface area contributed by atoms with E-state index in [0.29, 0.717) is 6.61 Å². The van der Waals surface area contributed by atoms with Crippen LogP contribution in [0.4, 0.5) is 0 Å². The number of carboxylic acids is 1. The van der Waals surface area contributed by atoms with E-state index in [-0.39, 0.29) is 11.1 Å². The van der Waals surface area contributed by atoms with Gasteiger partial charge in [-0.3, -0.25) is 4.89 Å². The molecular weight excluding hydrogens is 224 g/mol. The van der Waals surface area contributed by atoms with Gasteiger partial charge in [0, 0.05) is 0 Å². The molecule has 0 saturated carbocycles. The van der Waals surface area contributed by atoms with Crippen molar-refractivity contribution in [2.24, 2.45) is 0 Å². The zero-order valence-corrected chi connectivity index (χ0v) is 9.51. The van der Waals surface area contributed by atoms with Gasteiger partial charge >= 0.3 is 11.9 Å². The van der Waals surface area contributed by atoms with Crippen molar-refractivity contribution in [3.8, 4) is 0 Å². The highest BCUT2D eigenvalue weighted by Gasteiger charge is 2.17. The normalized spacial score (nSPS) is 9.94. The van der Waals surface area contributed by atoms with Crippen molar-refractivity contribution < 1.29 is 24.5 Å². The zero-order chi connectivity index (χ0) is 12.7. The maximum absolute atomic E-state index is 11.5. The first-order chi connectivity index (χ1) is 8.16. The molecule has 0 spiro atoms. The smallest absolute Gasteiger partial charge is 0.373 e. The summed E-state index contributed by atoms with van der Waals surface area (Å²) in [6, 6.07) is 5.83. The van der Waals surface area contributed by atoms with Crippen LogP contribution in [0, 0.1) is 0 Å². The molecule has 0 saturated heterocycles. The first-order valence-corrected chi connectivity index (χ1v) is 5.33. The lowest BCUT2D eigenvalue weighted by Crippen LogP contribution is -2.12. The summed E-state index contributed by atoms with van der Waals surface area (Å²) in [6.45, 7) is 2.28. The molecule has 1 N–H and O–H groups in total. The molecule has 0 aliphatic carbocycles. The van der Waals surface area contributed by atoms with Crippen molar-refractivity contribution in [3.63, 3.8) is 0 Å². The van der Waals surface area contributed by atoms with Gasteiger partial charge in [0.2, 0.25) is 0 Å². The van der Waals surface area contributed by atoms with Crippen molar-refractivity contribution in [2.75, 3.05) is 6.61 Å². The predicted octanol–water partition coefficient (Wildman–Crippen LogP) is 2.27. The van der Waals surface area contributed by atoms with E-state index in [9.17, 15) is 9.59 Å². The van der Waals surface area contributed by atoms with Gasteiger partial charge in [0.15, 0.2) is 0 Å². The van der Waals surface area contributed by atoms with Gasteiger partial charge in [-0.05, 0) is 18.6 Å². The first kappa shape index (κ1) is 13.2. The third-order valence-electron chi connectivity index (χ3n) is 2.09. The highest BCUT2D eigenvalue weighted by atomic mass is 17.2. The van der Waals surface area contributed by atoms with Crippen LogP contribution in [-0.4, -0.2) is 23.7 Å². The molecule has 0 unspecified atom stereocenters. The standard InChI is InChI=1S/C12H14O5/c1-2-3-8-16-17-12(15)10-7-5-4-6-9(10)11(13)14/h4-7H,2-3,8H2,1H3,(H,13,14). The van der Waals surface area contributed by atoms with E-state index in [1.165, 1.54) is 18.2 Å². The average Bonchev–Trinajstić information content (AvgIpc) is 2.34. The molecule has 5 heteroatoms. The third-order valence-corrected chi connectivity index (χ3v) is 2.09. The fourth-order valence-corrected chi connectivity index (χ4v) is 1.19. The topological polar surface area (TPSA) is 72.8 Å². The van der Waals surface area contributed by atoms with Crippen LogP contribution in [0.15, 0.2) is 24.3 Å². The molecule has 0 aromatic heterocycles. The van der Waals surface area contributed by atoms with Gasteiger partial charge < -0.3 is 5.11 Å². The number of hydrogen-bond donors (Lipinski definition) is 1. The summed E-state index contributed by atoms with van der Waals surface area (Å²) < 4.78 is 0. The van der Waals surface area contributed by atoms with Crippen molar-refractivity contribution in [3.05, 3.63) is 35.4 Å². The molecule has 0 aliphatic heterocycles. The van der Waals surface area contributed by atoms with Crippen LogP contribution >= 0.6 is 0 Å². The Balaban J connectivity index is 2.65. The SMILES string of the molecule is CCCCOOC(=O)c1ccccc1C(=O)O. The number of benzene rings is 1. The largest absolute Gasteiger partial charge is 0.478 e. The van der Waals surface area contributed by atoms with Crippen molar-refractivity contribution >= 4 is 11.9 Å². The van der Waals surface area contributed by atoms with Gasteiger partial charge in [-0.2, -0.15) is 4.89 Å². The fourth-order valence-electron chi connectivity index (χ4n) is 1.19. The summed E-state index contributed by atoms with van der Waals surface area (Å²) in [6.07, 6.45) is 1.69. The molecular formula is C12H14O5. The van der Waals surface area contributed by atoms with E-state index in [1.54, 1.807) is 6.07 Å². The molecule has 0 atom stereocenters. The Morgan fingerprint density at radius 3 is 2.47 bits per heavy atom. The molecule has 1 rings (SSSR count). The molecule has 1 aromatic rings. The highest BCUT2D eigenvalue weighted by Crippen LogP contribution is 2.10. The maximum Gasteiger partial charge on any atom is 0.373 e. The third kappa shape index (κ3) is 3.88. The Hall–Kier alpha value is -1.88. The molecule has 92 valence electrons. The van der Waals surface area contributed by atoms with Crippen molar-refractivity contribution in [2.45, 2.75) is 19.8 Å². The van der Waals surface area contributed by atoms with E-state index >= 15 is 0 Å². The van der Waals surface area contributed by atoms with Crippen LogP contribution in [0.3, 0.4) is 0 Å². The molecule has 1 aromatic carbocycles. The number of carbonyl (C=O) groups is 2. The second-order valence-corrected chi connectivity index (χ2v) is 3.40. The minimum atomic E-state index is -1.17. The second-order valence-electron chi connectivity index (χ2n) is 3.40. The predicted molar refractivity (Wildman–Crippen MR) is 59.7 cm³/mol. The highest BCUT2D eigenvalue weighted by molar-refractivity contribution is 6.02. The minimum Gasteiger partial charge on any atom is -0.478 e. The Morgan fingerprint density at radius 2 is 1.88 bits per heavy atom. The molecule has 0 aliphatic rings. The van der Waals surface area contributed by atoms with E-state index in [0.717, 1.165) is 12.8 Å². The lowest BCUT2D eigenvalue weighted by Gasteiger charge is -2.05. The quantitative estimate of drug-likeness (QED) is 0.467. The average molecular weight is 238 g/mol. The first-order valence-electron chi connectivity index (χ1n) is 5.33. The van der Waals surface area contributed by atoms with Crippen molar-refractivity contribution in [1.29, 1.82) is 0 Å². The van der Waals surface area contributed by atoms with Gasteiger partial charge in [-0.1, -0.05) is 25.5 Å². The van der Waals surface area contributed by atoms with Crippen molar-refractivity contribution in [1.82, 2.24) is 0 Å². The molecule has 0 radical (unpaired) electrons. The number of hydrogen-bond acceptors (Lipinski definition) is 4.